The average Bonchev–Trinajstić information content (AvgIpc) is 2.81. The number of carbonyl (C=O) groups excluding carboxylic acids is 1. The van der Waals surface area contributed by atoms with Gasteiger partial charge in [-0.2, -0.15) is 0 Å². The highest BCUT2D eigenvalue weighted by Crippen LogP contribution is 2.33. The number of aryl methyl sites for hydroxylation is 2. The third-order valence-corrected chi connectivity index (χ3v) is 6.46. The van der Waals surface area contributed by atoms with Crippen molar-refractivity contribution < 1.29 is 22.7 Å². The summed E-state index contributed by atoms with van der Waals surface area (Å²) in [7, 11) is -3.59. The maximum atomic E-state index is 12.6. The van der Waals surface area contributed by atoms with Gasteiger partial charge in [-0.25, -0.2) is 8.42 Å². The Morgan fingerprint density at radius 3 is 2.37 bits per heavy atom. The van der Waals surface area contributed by atoms with Crippen LogP contribution < -0.4 is 19.1 Å². The molecule has 1 amide bonds. The van der Waals surface area contributed by atoms with Crippen LogP contribution in [-0.2, 0) is 14.8 Å². The van der Waals surface area contributed by atoms with Gasteiger partial charge in [0.25, 0.3) is 0 Å². The highest BCUT2D eigenvalue weighted by molar-refractivity contribution is 7.92. The zero-order valence-corrected chi connectivity index (χ0v) is 21.2. The van der Waals surface area contributed by atoms with Crippen LogP contribution in [0.1, 0.15) is 24.0 Å². The van der Waals surface area contributed by atoms with Gasteiger partial charge in [0.2, 0.25) is 15.9 Å². The summed E-state index contributed by atoms with van der Waals surface area (Å²) in [6.45, 7) is 4.89. The first-order valence-corrected chi connectivity index (χ1v) is 13.4. The molecule has 0 unspecified atom stereocenters. The van der Waals surface area contributed by atoms with Crippen LogP contribution >= 0.6 is 0 Å². The fourth-order valence-electron chi connectivity index (χ4n) is 3.61. The van der Waals surface area contributed by atoms with E-state index in [1.807, 2.05) is 50.2 Å². The van der Waals surface area contributed by atoms with Crippen LogP contribution in [0.3, 0.4) is 0 Å². The lowest BCUT2D eigenvalue weighted by Gasteiger charge is -2.24. The Morgan fingerprint density at radius 2 is 1.66 bits per heavy atom. The van der Waals surface area contributed by atoms with Crippen molar-refractivity contribution in [1.82, 2.24) is 5.32 Å². The summed E-state index contributed by atoms with van der Waals surface area (Å²) < 4.78 is 38.1. The molecule has 0 aliphatic heterocycles. The van der Waals surface area contributed by atoms with Gasteiger partial charge in [-0.3, -0.25) is 9.10 Å². The average molecular weight is 497 g/mol. The molecule has 0 aliphatic carbocycles. The van der Waals surface area contributed by atoms with E-state index in [0.717, 1.165) is 17.6 Å². The molecule has 0 fully saturated rings. The Bertz CT molecular complexity index is 1230. The Balaban J connectivity index is 1.52. The van der Waals surface area contributed by atoms with Crippen LogP contribution in [0.5, 0.6) is 17.2 Å². The van der Waals surface area contributed by atoms with E-state index in [1.165, 1.54) is 9.87 Å². The number of nitrogens with zero attached hydrogens (tertiary/aromatic N) is 1. The van der Waals surface area contributed by atoms with Crippen molar-refractivity contribution in [2.75, 3.05) is 30.3 Å². The quantitative estimate of drug-likeness (QED) is 0.363. The van der Waals surface area contributed by atoms with Crippen LogP contribution in [0, 0.1) is 13.8 Å². The molecule has 8 heteroatoms. The van der Waals surface area contributed by atoms with Gasteiger partial charge in [0, 0.05) is 13.0 Å². The third kappa shape index (κ3) is 8.03. The van der Waals surface area contributed by atoms with Gasteiger partial charge in [-0.1, -0.05) is 48.0 Å². The fourth-order valence-corrected chi connectivity index (χ4v) is 4.58. The predicted molar refractivity (Wildman–Crippen MR) is 139 cm³/mol. The van der Waals surface area contributed by atoms with E-state index in [1.54, 1.807) is 36.4 Å². The van der Waals surface area contributed by atoms with Crippen LogP contribution in [0.4, 0.5) is 5.69 Å². The van der Waals surface area contributed by atoms with Crippen LogP contribution in [-0.4, -0.2) is 40.3 Å². The molecule has 7 nitrogen and oxygen atoms in total. The number of nitrogens with one attached hydrogen (secondary N) is 1. The van der Waals surface area contributed by atoms with Crippen molar-refractivity contribution >= 4 is 21.6 Å². The number of anilines is 1. The summed E-state index contributed by atoms with van der Waals surface area (Å²) in [4.78, 5) is 12.3. The molecule has 35 heavy (non-hydrogen) atoms. The smallest absolute Gasteiger partial charge is 0.232 e. The Labute approximate surface area is 207 Å². The van der Waals surface area contributed by atoms with E-state index in [4.69, 9.17) is 9.47 Å². The van der Waals surface area contributed by atoms with Crippen LogP contribution in [0.25, 0.3) is 0 Å². The number of sulfonamides is 1. The summed E-state index contributed by atoms with van der Waals surface area (Å²) in [5.74, 6) is 1.68. The van der Waals surface area contributed by atoms with Crippen molar-refractivity contribution in [3.05, 3.63) is 83.9 Å². The van der Waals surface area contributed by atoms with E-state index in [2.05, 4.69) is 5.32 Å². The molecule has 0 aromatic heterocycles. The second-order valence-corrected chi connectivity index (χ2v) is 10.2. The van der Waals surface area contributed by atoms with Crippen molar-refractivity contribution in [1.29, 1.82) is 0 Å². The van der Waals surface area contributed by atoms with Gasteiger partial charge in [0.05, 0.1) is 18.5 Å². The summed E-state index contributed by atoms with van der Waals surface area (Å²) >= 11 is 0. The second-order valence-electron chi connectivity index (χ2n) is 8.29. The minimum absolute atomic E-state index is 0.153. The molecule has 0 radical (unpaired) electrons. The van der Waals surface area contributed by atoms with E-state index in [9.17, 15) is 13.2 Å². The lowest BCUT2D eigenvalue weighted by Crippen LogP contribution is -2.33. The monoisotopic (exact) mass is 496 g/mol. The molecule has 1 N–H and O–H groups in total. The van der Waals surface area contributed by atoms with Crippen molar-refractivity contribution in [2.24, 2.45) is 0 Å². The topological polar surface area (TPSA) is 84.9 Å². The molecule has 3 aromatic rings. The van der Waals surface area contributed by atoms with Crippen molar-refractivity contribution in [3.63, 3.8) is 0 Å². The van der Waals surface area contributed by atoms with Gasteiger partial charge >= 0.3 is 0 Å². The largest absolute Gasteiger partial charge is 0.491 e. The van der Waals surface area contributed by atoms with Gasteiger partial charge in [0.1, 0.15) is 18.1 Å². The highest BCUT2D eigenvalue weighted by Gasteiger charge is 2.21. The zero-order valence-electron chi connectivity index (χ0n) is 20.4. The summed E-state index contributed by atoms with van der Waals surface area (Å²) in [5.41, 5.74) is 2.65. The number of rotatable bonds is 12. The number of carbonyl (C=O) groups is 1. The Morgan fingerprint density at radius 1 is 0.943 bits per heavy atom. The molecule has 0 spiro atoms. The number of para-hydroxylation sites is 3. The summed E-state index contributed by atoms with van der Waals surface area (Å²) in [6.07, 6.45) is 1.70. The van der Waals surface area contributed by atoms with Crippen LogP contribution in [0.15, 0.2) is 72.8 Å². The molecular formula is C27H32N2O5S. The van der Waals surface area contributed by atoms with Crippen molar-refractivity contribution in [2.45, 2.75) is 26.7 Å². The first-order valence-electron chi connectivity index (χ1n) is 11.5. The second kappa shape index (κ2) is 12.3. The SMILES string of the molecule is Cc1ccc(OCCNC(=O)CCCN(c2ccccc2Oc2ccccc2)S(C)(=O)=O)c(C)c1. The number of hydrogen-bond donors (Lipinski definition) is 1. The first kappa shape index (κ1) is 26.1. The molecule has 186 valence electrons. The molecule has 0 atom stereocenters. The lowest BCUT2D eigenvalue weighted by molar-refractivity contribution is -0.121. The molecule has 0 heterocycles. The molecular weight excluding hydrogens is 464 g/mol. The third-order valence-electron chi connectivity index (χ3n) is 5.28. The molecule has 0 saturated heterocycles. The molecule has 3 rings (SSSR count). The van der Waals surface area contributed by atoms with Crippen LogP contribution in [0.2, 0.25) is 0 Å². The molecule has 0 bridgehead atoms. The number of amides is 1. The van der Waals surface area contributed by atoms with E-state index >= 15 is 0 Å². The minimum atomic E-state index is -3.59. The maximum Gasteiger partial charge on any atom is 0.232 e. The fraction of sp³-hybridized carbons (Fsp3) is 0.296. The van der Waals surface area contributed by atoms with E-state index in [-0.39, 0.29) is 18.9 Å². The normalized spacial score (nSPS) is 11.1. The molecule has 3 aromatic carbocycles. The molecule has 0 saturated carbocycles. The first-order chi connectivity index (χ1) is 16.7. The Kier molecular flexibility index (Phi) is 9.14. The number of ether oxygens (including phenoxy) is 2. The maximum absolute atomic E-state index is 12.6. The van der Waals surface area contributed by atoms with Gasteiger partial charge in [0.15, 0.2) is 5.75 Å². The zero-order chi connectivity index (χ0) is 25.3. The van der Waals surface area contributed by atoms with Gasteiger partial charge < -0.3 is 14.8 Å². The molecule has 0 aliphatic rings. The minimum Gasteiger partial charge on any atom is -0.491 e. The standard InChI is InChI=1S/C27H32N2O5S/c1-21-15-16-25(22(2)20-21)33-19-17-28-27(30)14-9-18-29(35(3,31)32)24-12-7-8-13-26(24)34-23-10-5-4-6-11-23/h4-8,10-13,15-16,20H,9,14,17-19H2,1-3H3,(H,28,30). The summed E-state index contributed by atoms with van der Waals surface area (Å²) in [6, 6.07) is 22.1. The Hall–Kier alpha value is -3.52. The van der Waals surface area contributed by atoms with E-state index in [0.29, 0.717) is 36.8 Å². The van der Waals surface area contributed by atoms with Gasteiger partial charge in [-0.15, -0.1) is 0 Å². The van der Waals surface area contributed by atoms with E-state index < -0.39 is 10.0 Å². The van der Waals surface area contributed by atoms with Crippen molar-refractivity contribution in [3.8, 4) is 17.2 Å². The summed E-state index contributed by atoms with van der Waals surface area (Å²) in [5, 5.41) is 2.82. The highest BCUT2D eigenvalue weighted by atomic mass is 32.2. The lowest BCUT2D eigenvalue weighted by atomic mass is 10.1. The predicted octanol–water partition coefficient (Wildman–Crippen LogP) is 4.84. The number of benzene rings is 3. The number of hydrogen-bond acceptors (Lipinski definition) is 5. The van der Waals surface area contributed by atoms with Gasteiger partial charge in [-0.05, 0) is 56.2 Å².